The zero-order chi connectivity index (χ0) is 19.6. The zero-order valence-electron chi connectivity index (χ0n) is 15.8. The van der Waals surface area contributed by atoms with Crippen LogP contribution in [0.2, 0.25) is 0 Å². The van der Waals surface area contributed by atoms with Crippen LogP contribution in [0.3, 0.4) is 0 Å². The Balaban J connectivity index is 1.71. The van der Waals surface area contributed by atoms with Crippen molar-refractivity contribution in [3.05, 3.63) is 30.0 Å². The number of benzene rings is 1. The molecule has 146 valence electrons. The molecule has 8 heteroatoms. The van der Waals surface area contributed by atoms with Crippen LogP contribution in [0.25, 0.3) is 11.0 Å². The van der Waals surface area contributed by atoms with Crippen molar-refractivity contribution in [2.75, 3.05) is 37.8 Å². The molecule has 8 nitrogen and oxygen atoms in total. The molecule has 4 rings (SSSR count). The first-order chi connectivity index (χ1) is 13.7. The molecule has 0 radical (unpaired) electrons. The highest BCUT2D eigenvalue weighted by Gasteiger charge is 2.41. The number of piperidine rings is 1. The Hall–Kier alpha value is -2.76. The number of carbonyl (C=O) groups excluding carboxylic acids is 1. The molecule has 1 unspecified atom stereocenters. The first kappa shape index (κ1) is 18.6. The van der Waals surface area contributed by atoms with Gasteiger partial charge in [-0.25, -0.2) is 9.97 Å². The van der Waals surface area contributed by atoms with Gasteiger partial charge in [0, 0.05) is 25.9 Å². The molecule has 1 aromatic carbocycles. The van der Waals surface area contributed by atoms with Crippen LogP contribution in [-0.2, 0) is 19.0 Å². The smallest absolute Gasteiger partial charge is 0.329 e. The number of fused-ring (bicyclic) bond motifs is 1. The second-order valence-corrected chi connectivity index (χ2v) is 6.83. The van der Waals surface area contributed by atoms with E-state index in [0.29, 0.717) is 56.2 Å². The number of aromatic nitrogens is 2. The van der Waals surface area contributed by atoms with Gasteiger partial charge in [-0.05, 0) is 19.1 Å². The van der Waals surface area contributed by atoms with Crippen LogP contribution in [0.5, 0.6) is 0 Å². The average Bonchev–Trinajstić information content (AvgIpc) is 3.17. The Kier molecular flexibility index (Phi) is 5.11. The number of hydrogen-bond donors (Lipinski definition) is 0. The van der Waals surface area contributed by atoms with Crippen LogP contribution in [-0.4, -0.2) is 54.6 Å². The summed E-state index contributed by atoms with van der Waals surface area (Å²) in [6.07, 6.45) is 1.38. The van der Waals surface area contributed by atoms with E-state index in [9.17, 15) is 10.1 Å². The Morgan fingerprint density at radius 2 is 1.89 bits per heavy atom. The SMILES string of the molecule is CCOC(=O)C(C#N)c1nc2ccccc2nc1N1CCC2(CC1)OCCO2. The van der Waals surface area contributed by atoms with Crippen LogP contribution < -0.4 is 4.90 Å². The summed E-state index contributed by atoms with van der Waals surface area (Å²) in [5.41, 5.74) is 1.70. The van der Waals surface area contributed by atoms with Crippen molar-refractivity contribution in [2.24, 2.45) is 0 Å². The van der Waals surface area contributed by atoms with Crippen molar-refractivity contribution in [1.29, 1.82) is 5.26 Å². The van der Waals surface area contributed by atoms with Gasteiger partial charge in [0.05, 0.1) is 36.9 Å². The minimum Gasteiger partial charge on any atom is -0.465 e. The minimum absolute atomic E-state index is 0.203. The average molecular weight is 382 g/mol. The largest absolute Gasteiger partial charge is 0.465 e. The highest BCUT2D eigenvalue weighted by atomic mass is 16.7. The summed E-state index contributed by atoms with van der Waals surface area (Å²) in [6, 6.07) is 9.47. The Morgan fingerprint density at radius 3 is 2.50 bits per heavy atom. The Bertz CT molecular complexity index is 910. The minimum atomic E-state index is -1.12. The first-order valence-corrected chi connectivity index (χ1v) is 9.51. The van der Waals surface area contributed by atoms with Gasteiger partial charge in [0.1, 0.15) is 5.69 Å². The molecule has 0 amide bonds. The molecule has 28 heavy (non-hydrogen) atoms. The predicted octanol–water partition coefficient (Wildman–Crippen LogP) is 2.14. The summed E-state index contributed by atoms with van der Waals surface area (Å²) >= 11 is 0. The quantitative estimate of drug-likeness (QED) is 0.742. The van der Waals surface area contributed by atoms with E-state index in [1.807, 2.05) is 30.3 Å². The molecular weight excluding hydrogens is 360 g/mol. The standard InChI is InChI=1S/C20H22N4O4/c1-2-26-19(25)14(13-21)17-18(23-16-6-4-3-5-15(16)22-17)24-9-7-20(8-10-24)27-11-12-28-20/h3-6,14H,2,7-12H2,1H3. The molecule has 2 saturated heterocycles. The van der Waals surface area contributed by atoms with Gasteiger partial charge in [0.15, 0.2) is 17.5 Å². The van der Waals surface area contributed by atoms with Crippen molar-refractivity contribution in [3.63, 3.8) is 0 Å². The number of anilines is 1. The molecule has 1 aromatic heterocycles. The number of para-hydroxylation sites is 2. The van der Waals surface area contributed by atoms with Crippen molar-refractivity contribution in [3.8, 4) is 6.07 Å². The summed E-state index contributed by atoms with van der Waals surface area (Å²) in [7, 11) is 0. The summed E-state index contributed by atoms with van der Waals surface area (Å²) in [6.45, 7) is 4.42. The van der Waals surface area contributed by atoms with Gasteiger partial charge >= 0.3 is 5.97 Å². The van der Waals surface area contributed by atoms with E-state index in [2.05, 4.69) is 9.88 Å². The molecule has 0 N–H and O–H groups in total. The topological polar surface area (TPSA) is 97.6 Å². The molecule has 0 bridgehead atoms. The molecule has 0 saturated carbocycles. The third-order valence-corrected chi connectivity index (χ3v) is 5.14. The predicted molar refractivity (Wildman–Crippen MR) is 101 cm³/mol. The van der Waals surface area contributed by atoms with Gasteiger partial charge in [0.2, 0.25) is 0 Å². The summed E-state index contributed by atoms with van der Waals surface area (Å²) < 4.78 is 16.7. The van der Waals surface area contributed by atoms with E-state index < -0.39 is 17.7 Å². The fourth-order valence-corrected chi connectivity index (χ4v) is 3.73. The summed E-state index contributed by atoms with van der Waals surface area (Å²) in [5.74, 6) is -1.70. The van der Waals surface area contributed by atoms with E-state index in [-0.39, 0.29) is 6.61 Å². The van der Waals surface area contributed by atoms with Crippen LogP contribution >= 0.6 is 0 Å². The maximum atomic E-state index is 12.4. The number of carbonyl (C=O) groups is 1. The molecule has 2 fully saturated rings. The fourth-order valence-electron chi connectivity index (χ4n) is 3.73. The third kappa shape index (κ3) is 3.39. The van der Waals surface area contributed by atoms with Crippen molar-refractivity contribution in [1.82, 2.24) is 9.97 Å². The van der Waals surface area contributed by atoms with Gasteiger partial charge < -0.3 is 19.1 Å². The van der Waals surface area contributed by atoms with Gasteiger partial charge in [-0.15, -0.1) is 0 Å². The molecule has 1 atom stereocenters. The van der Waals surface area contributed by atoms with Gasteiger partial charge in [0.25, 0.3) is 0 Å². The van der Waals surface area contributed by atoms with Gasteiger partial charge in [-0.3, -0.25) is 4.79 Å². The molecule has 2 aromatic rings. The van der Waals surface area contributed by atoms with Gasteiger partial charge in [-0.1, -0.05) is 12.1 Å². The normalized spacial score (nSPS) is 19.5. The second kappa shape index (κ2) is 7.70. The lowest BCUT2D eigenvalue weighted by atomic mass is 10.0. The number of nitriles is 1. The molecule has 2 aliphatic rings. The lowest BCUT2D eigenvalue weighted by Gasteiger charge is -2.38. The van der Waals surface area contributed by atoms with Crippen LogP contribution in [0.15, 0.2) is 24.3 Å². The molecule has 1 spiro atoms. The number of ether oxygens (including phenoxy) is 3. The number of rotatable bonds is 4. The molecular formula is C20H22N4O4. The van der Waals surface area contributed by atoms with Crippen molar-refractivity contribution in [2.45, 2.75) is 31.5 Å². The van der Waals surface area contributed by atoms with E-state index in [1.54, 1.807) is 6.92 Å². The van der Waals surface area contributed by atoms with Crippen molar-refractivity contribution >= 4 is 22.8 Å². The van der Waals surface area contributed by atoms with E-state index in [4.69, 9.17) is 19.2 Å². The van der Waals surface area contributed by atoms with Crippen LogP contribution in [0, 0.1) is 11.3 Å². The second-order valence-electron chi connectivity index (χ2n) is 6.83. The van der Waals surface area contributed by atoms with Crippen LogP contribution in [0.4, 0.5) is 5.82 Å². The third-order valence-electron chi connectivity index (χ3n) is 5.14. The molecule has 2 aliphatic heterocycles. The van der Waals surface area contributed by atoms with Crippen molar-refractivity contribution < 1.29 is 19.0 Å². The lowest BCUT2D eigenvalue weighted by molar-refractivity contribution is -0.169. The van der Waals surface area contributed by atoms with E-state index in [0.717, 1.165) is 5.52 Å². The number of nitrogens with zero attached hydrogens (tertiary/aromatic N) is 4. The van der Waals surface area contributed by atoms with Crippen LogP contribution in [0.1, 0.15) is 31.4 Å². The molecule has 3 heterocycles. The maximum absolute atomic E-state index is 12.4. The summed E-state index contributed by atoms with van der Waals surface area (Å²) in [5, 5.41) is 9.66. The first-order valence-electron chi connectivity index (χ1n) is 9.51. The fraction of sp³-hybridized carbons (Fsp3) is 0.500. The maximum Gasteiger partial charge on any atom is 0.329 e. The Morgan fingerprint density at radius 1 is 1.25 bits per heavy atom. The van der Waals surface area contributed by atoms with E-state index >= 15 is 0 Å². The summed E-state index contributed by atoms with van der Waals surface area (Å²) in [4.78, 5) is 23.8. The molecule has 0 aliphatic carbocycles. The lowest BCUT2D eigenvalue weighted by Crippen LogP contribution is -2.46. The Labute approximate surface area is 163 Å². The van der Waals surface area contributed by atoms with E-state index in [1.165, 1.54) is 0 Å². The zero-order valence-corrected chi connectivity index (χ0v) is 15.8. The number of esters is 1. The highest BCUT2D eigenvalue weighted by molar-refractivity contribution is 5.85. The number of hydrogen-bond acceptors (Lipinski definition) is 8. The highest BCUT2D eigenvalue weighted by Crippen LogP contribution is 2.35. The van der Waals surface area contributed by atoms with Gasteiger partial charge in [-0.2, -0.15) is 5.26 Å². The monoisotopic (exact) mass is 382 g/mol.